The molecule has 0 saturated carbocycles. The molecule has 0 bridgehead atoms. The monoisotopic (exact) mass is 611 g/mol. The van der Waals surface area contributed by atoms with Gasteiger partial charge < -0.3 is 0 Å². The van der Waals surface area contributed by atoms with Gasteiger partial charge in [-0.15, -0.1) is 0 Å². The smallest absolute Gasteiger partial charge is 0.137 e. The molecule has 5 nitrogen and oxygen atoms in total. The highest BCUT2D eigenvalue weighted by atomic mass is 15.4. The van der Waals surface area contributed by atoms with Gasteiger partial charge in [-0.2, -0.15) is 0 Å². The molecular formula is C42H37N5. The van der Waals surface area contributed by atoms with Crippen LogP contribution in [-0.4, -0.2) is 21.5 Å². The zero-order chi connectivity index (χ0) is 31.7. The Bertz CT molecular complexity index is 2200. The van der Waals surface area contributed by atoms with Crippen LogP contribution in [0.4, 0.5) is 0 Å². The first-order chi connectivity index (χ1) is 23.0. The Kier molecular flexibility index (Phi) is 6.44. The average molecular weight is 612 g/mol. The Hall–Kier alpha value is -5.07. The lowest BCUT2D eigenvalue weighted by Crippen LogP contribution is -2.54. The number of rotatable bonds is 4. The molecule has 1 saturated heterocycles. The standard InChI is InChI=1S/C42H37N5/c1-42(2)34-20-12-10-18-30(34)32-24-33-31-19-11-13-21-36(31)47(37(33)25-35(32)42)38-23-22-29(26-43-38)39-44-40(27-14-6-4-7-15-27)46(3)41(45-39)28-16-8-5-9-17-28/h4-26,39-41,44-45H,1-3H3. The molecule has 5 aromatic carbocycles. The molecule has 2 aliphatic rings. The fourth-order valence-corrected chi connectivity index (χ4v) is 7.98. The van der Waals surface area contributed by atoms with E-state index in [2.05, 4.69) is 174 Å². The Morgan fingerprint density at radius 1 is 0.574 bits per heavy atom. The largest absolute Gasteiger partial charge is 0.294 e. The van der Waals surface area contributed by atoms with Crippen LogP contribution in [0.15, 0.2) is 140 Å². The van der Waals surface area contributed by atoms with Gasteiger partial charge in [-0.05, 0) is 64.7 Å². The van der Waals surface area contributed by atoms with Crippen LogP contribution in [-0.2, 0) is 5.41 Å². The van der Waals surface area contributed by atoms with Gasteiger partial charge in [0.05, 0.1) is 29.5 Å². The highest BCUT2D eigenvalue weighted by Gasteiger charge is 2.37. The van der Waals surface area contributed by atoms with Crippen molar-refractivity contribution in [2.45, 2.75) is 37.8 Å². The van der Waals surface area contributed by atoms with Crippen molar-refractivity contribution in [1.29, 1.82) is 0 Å². The number of aromatic nitrogens is 2. The number of nitrogens with zero attached hydrogens (tertiary/aromatic N) is 3. The van der Waals surface area contributed by atoms with Crippen molar-refractivity contribution in [3.63, 3.8) is 0 Å². The van der Waals surface area contributed by atoms with Gasteiger partial charge in [0.25, 0.3) is 0 Å². The highest BCUT2D eigenvalue weighted by molar-refractivity contribution is 6.11. The normalized spacial score (nSPS) is 20.4. The van der Waals surface area contributed by atoms with Crippen LogP contribution in [0, 0.1) is 0 Å². The second-order valence-electron chi connectivity index (χ2n) is 13.4. The summed E-state index contributed by atoms with van der Waals surface area (Å²) in [5.41, 5.74) is 11.3. The quantitative estimate of drug-likeness (QED) is 0.209. The minimum absolute atomic E-state index is 0.0271. The molecule has 0 spiro atoms. The van der Waals surface area contributed by atoms with Crippen LogP contribution in [0.3, 0.4) is 0 Å². The lowest BCUT2D eigenvalue weighted by Gasteiger charge is -2.45. The van der Waals surface area contributed by atoms with Crippen LogP contribution in [0.1, 0.15) is 60.2 Å². The molecule has 1 aliphatic heterocycles. The number of benzene rings is 5. The molecule has 1 aliphatic carbocycles. The van der Waals surface area contributed by atoms with E-state index in [4.69, 9.17) is 4.98 Å². The lowest BCUT2D eigenvalue weighted by molar-refractivity contribution is 0.0415. The minimum atomic E-state index is -0.0936. The van der Waals surface area contributed by atoms with Crippen LogP contribution >= 0.6 is 0 Å². The molecule has 2 aromatic heterocycles. The predicted octanol–water partition coefficient (Wildman–Crippen LogP) is 9.01. The summed E-state index contributed by atoms with van der Waals surface area (Å²) in [5.74, 6) is 0.917. The maximum atomic E-state index is 5.15. The van der Waals surface area contributed by atoms with E-state index in [0.29, 0.717) is 0 Å². The zero-order valence-electron chi connectivity index (χ0n) is 26.9. The number of nitrogens with one attached hydrogen (secondary N) is 2. The van der Waals surface area contributed by atoms with Crippen molar-refractivity contribution in [3.05, 3.63) is 167 Å². The van der Waals surface area contributed by atoms with E-state index in [9.17, 15) is 0 Å². The van der Waals surface area contributed by atoms with Crippen LogP contribution in [0.25, 0.3) is 38.8 Å². The molecule has 47 heavy (non-hydrogen) atoms. The maximum absolute atomic E-state index is 5.15. The molecule has 5 heteroatoms. The summed E-state index contributed by atoms with van der Waals surface area (Å²) in [6, 6.07) is 48.1. The summed E-state index contributed by atoms with van der Waals surface area (Å²) >= 11 is 0. The Morgan fingerprint density at radius 3 is 1.89 bits per heavy atom. The molecule has 0 radical (unpaired) electrons. The molecule has 2 atom stereocenters. The fourth-order valence-electron chi connectivity index (χ4n) is 7.98. The first-order valence-electron chi connectivity index (χ1n) is 16.5. The second-order valence-corrected chi connectivity index (χ2v) is 13.4. The Labute approximate surface area is 275 Å². The minimum Gasteiger partial charge on any atom is -0.294 e. The van der Waals surface area contributed by atoms with Gasteiger partial charge in [-0.3, -0.25) is 20.1 Å². The summed E-state index contributed by atoms with van der Waals surface area (Å²) < 4.78 is 2.34. The van der Waals surface area contributed by atoms with E-state index in [0.717, 1.165) is 11.4 Å². The first-order valence-corrected chi connectivity index (χ1v) is 16.5. The number of hydrogen-bond acceptors (Lipinski definition) is 4. The third-order valence-corrected chi connectivity index (χ3v) is 10.4. The molecule has 2 unspecified atom stereocenters. The predicted molar refractivity (Wildman–Crippen MR) is 191 cm³/mol. The van der Waals surface area contributed by atoms with Gasteiger partial charge in [-0.25, -0.2) is 4.98 Å². The summed E-state index contributed by atoms with van der Waals surface area (Å²) in [5, 5.41) is 10.2. The topological polar surface area (TPSA) is 45.1 Å². The van der Waals surface area contributed by atoms with E-state index in [-0.39, 0.29) is 23.9 Å². The van der Waals surface area contributed by atoms with E-state index in [1.165, 1.54) is 55.2 Å². The first kappa shape index (κ1) is 28.2. The van der Waals surface area contributed by atoms with Crippen LogP contribution in [0.2, 0.25) is 0 Å². The second kappa shape index (κ2) is 10.7. The van der Waals surface area contributed by atoms with Crippen LogP contribution in [0.5, 0.6) is 0 Å². The summed E-state index contributed by atoms with van der Waals surface area (Å²) in [7, 11) is 2.17. The van der Waals surface area contributed by atoms with Gasteiger partial charge >= 0.3 is 0 Å². The van der Waals surface area contributed by atoms with Crippen molar-refractivity contribution >= 4 is 21.8 Å². The summed E-state index contributed by atoms with van der Waals surface area (Å²) in [4.78, 5) is 7.51. The SMILES string of the molecule is CN1C(c2ccccc2)NC(c2ccc(-n3c4ccccc4c4cc5c(cc43)C(C)(C)c3ccccc3-5)nc2)NC1c1ccccc1. The maximum Gasteiger partial charge on any atom is 0.137 e. The van der Waals surface area contributed by atoms with Crippen LogP contribution < -0.4 is 10.6 Å². The third-order valence-electron chi connectivity index (χ3n) is 10.4. The van der Waals surface area contributed by atoms with E-state index < -0.39 is 0 Å². The highest BCUT2D eigenvalue weighted by Crippen LogP contribution is 2.50. The molecule has 230 valence electrons. The van der Waals surface area contributed by atoms with Crippen molar-refractivity contribution in [2.24, 2.45) is 0 Å². The number of pyridine rings is 1. The molecule has 3 heterocycles. The Balaban J connectivity index is 1.14. The molecular weight excluding hydrogens is 574 g/mol. The van der Waals surface area contributed by atoms with Crippen molar-refractivity contribution < 1.29 is 0 Å². The molecule has 1 fully saturated rings. The van der Waals surface area contributed by atoms with Gasteiger partial charge in [0, 0.05) is 27.9 Å². The van der Waals surface area contributed by atoms with Crippen molar-refractivity contribution in [1.82, 2.24) is 25.1 Å². The number of para-hydroxylation sites is 1. The fraction of sp³-hybridized carbons (Fsp3) is 0.167. The van der Waals surface area contributed by atoms with E-state index in [1.54, 1.807) is 0 Å². The summed E-state index contributed by atoms with van der Waals surface area (Å²) in [6.45, 7) is 4.69. The Morgan fingerprint density at radius 2 is 1.21 bits per heavy atom. The average Bonchev–Trinajstić information content (AvgIpc) is 3.56. The van der Waals surface area contributed by atoms with E-state index >= 15 is 0 Å². The van der Waals surface area contributed by atoms with Gasteiger partial charge in [0.1, 0.15) is 5.82 Å². The zero-order valence-corrected chi connectivity index (χ0v) is 26.9. The molecule has 2 N–H and O–H groups in total. The lowest BCUT2D eigenvalue weighted by atomic mass is 9.82. The van der Waals surface area contributed by atoms with Crippen molar-refractivity contribution in [3.8, 4) is 16.9 Å². The van der Waals surface area contributed by atoms with Gasteiger partial charge in [0.2, 0.25) is 0 Å². The molecule has 0 amide bonds. The molecule has 9 rings (SSSR count). The van der Waals surface area contributed by atoms with Gasteiger partial charge in [0.15, 0.2) is 0 Å². The molecule has 7 aromatic rings. The summed E-state index contributed by atoms with van der Waals surface area (Å²) in [6.07, 6.45) is 1.99. The van der Waals surface area contributed by atoms with Crippen molar-refractivity contribution in [2.75, 3.05) is 7.05 Å². The number of hydrogen-bond donors (Lipinski definition) is 2. The number of fused-ring (bicyclic) bond motifs is 6. The third kappa shape index (κ3) is 4.39. The van der Waals surface area contributed by atoms with Gasteiger partial charge in [-0.1, -0.05) is 123 Å². The van der Waals surface area contributed by atoms with E-state index in [1.807, 2.05) is 6.20 Å².